The maximum atomic E-state index is 5.28. The summed E-state index contributed by atoms with van der Waals surface area (Å²) in [7, 11) is 1.61. The molecular weight excluding hydrogens is 290 g/mol. The average Bonchev–Trinajstić information content (AvgIpc) is 2.23. The van der Waals surface area contributed by atoms with Gasteiger partial charge in [-0.25, -0.2) is 0 Å². The van der Waals surface area contributed by atoms with Gasteiger partial charge in [-0.1, -0.05) is 6.07 Å². The molecule has 0 aliphatic heterocycles. The molecule has 0 unspecified atom stereocenters. The fourth-order valence-electron chi connectivity index (χ4n) is 1.20. The Morgan fingerprint density at radius 2 is 2.31 bits per heavy atom. The van der Waals surface area contributed by atoms with Crippen molar-refractivity contribution in [3.63, 3.8) is 0 Å². The number of hydrogen-bond acceptors (Lipinski definition) is 3. The first-order chi connectivity index (χ1) is 7.56. The highest BCUT2D eigenvalue weighted by molar-refractivity contribution is 9.10. The van der Waals surface area contributed by atoms with E-state index in [0.29, 0.717) is 0 Å². The summed E-state index contributed by atoms with van der Waals surface area (Å²) in [5.74, 6) is 0.730. The van der Waals surface area contributed by atoms with Crippen molar-refractivity contribution >= 4 is 39.5 Å². The molecule has 0 aromatic heterocycles. The molecule has 0 saturated carbocycles. The quantitative estimate of drug-likeness (QED) is 0.509. The molecule has 86 valence electrons. The lowest BCUT2D eigenvalue weighted by molar-refractivity contribution is 0.411. The fraction of sp³-hybridized carbons (Fsp3) is 0.200. The molecular formula is C10H12BrN3OS. The number of ether oxygens (including phenoxy) is 1. The number of hydrogen-bond donors (Lipinski definition) is 2. The number of thiocarbonyl (C=S) groups is 1. The van der Waals surface area contributed by atoms with E-state index < -0.39 is 0 Å². The first-order valence-electron chi connectivity index (χ1n) is 4.48. The Balaban J connectivity index is 3.06. The van der Waals surface area contributed by atoms with Crippen molar-refractivity contribution in [1.82, 2.24) is 5.43 Å². The van der Waals surface area contributed by atoms with Crippen molar-refractivity contribution in [1.29, 1.82) is 0 Å². The second-order valence-corrected chi connectivity index (χ2v) is 4.34. The molecule has 1 aromatic rings. The Morgan fingerprint density at radius 3 is 2.88 bits per heavy atom. The maximum absolute atomic E-state index is 5.28. The van der Waals surface area contributed by atoms with E-state index in [0.717, 1.165) is 21.3 Å². The van der Waals surface area contributed by atoms with E-state index in [4.69, 9.17) is 10.5 Å². The van der Waals surface area contributed by atoms with E-state index in [-0.39, 0.29) is 5.11 Å². The molecule has 16 heavy (non-hydrogen) atoms. The number of benzene rings is 1. The van der Waals surface area contributed by atoms with Crippen molar-refractivity contribution in [2.75, 3.05) is 7.11 Å². The normalized spacial score (nSPS) is 10.4. The monoisotopic (exact) mass is 301 g/mol. The van der Waals surface area contributed by atoms with Gasteiger partial charge in [0, 0.05) is 5.56 Å². The molecule has 0 aliphatic carbocycles. The van der Waals surface area contributed by atoms with Gasteiger partial charge in [-0.2, -0.15) is 5.10 Å². The van der Waals surface area contributed by atoms with Crippen LogP contribution in [0.4, 0.5) is 0 Å². The van der Waals surface area contributed by atoms with Crippen LogP contribution in [0.5, 0.6) is 5.75 Å². The molecule has 0 atom stereocenters. The average molecular weight is 302 g/mol. The van der Waals surface area contributed by atoms with Crippen molar-refractivity contribution in [3.8, 4) is 5.75 Å². The van der Waals surface area contributed by atoms with Crippen molar-refractivity contribution in [2.24, 2.45) is 10.8 Å². The number of hydrazone groups is 1. The molecule has 0 spiro atoms. The molecule has 1 aromatic carbocycles. The standard InChI is InChI=1S/C10H12BrN3OS/c1-6-3-4-8(11)9(15-2)7(6)5-13-14-10(12)16/h3-5H,1-2H3,(H3,12,14,16). The van der Waals surface area contributed by atoms with Crippen LogP contribution in [0.15, 0.2) is 21.7 Å². The highest BCUT2D eigenvalue weighted by atomic mass is 79.9. The Bertz CT molecular complexity index is 434. The van der Waals surface area contributed by atoms with E-state index >= 15 is 0 Å². The van der Waals surface area contributed by atoms with Crippen molar-refractivity contribution in [3.05, 3.63) is 27.7 Å². The number of rotatable bonds is 3. The molecule has 0 heterocycles. The van der Waals surface area contributed by atoms with Crippen LogP contribution in [-0.4, -0.2) is 18.4 Å². The van der Waals surface area contributed by atoms with Gasteiger partial charge in [0.15, 0.2) is 5.11 Å². The van der Waals surface area contributed by atoms with Crippen LogP contribution < -0.4 is 15.9 Å². The Hall–Kier alpha value is -1.14. The highest BCUT2D eigenvalue weighted by Gasteiger charge is 2.08. The van der Waals surface area contributed by atoms with Gasteiger partial charge in [0.2, 0.25) is 0 Å². The van der Waals surface area contributed by atoms with Gasteiger partial charge >= 0.3 is 0 Å². The number of aryl methyl sites for hydroxylation is 1. The van der Waals surface area contributed by atoms with E-state index in [1.165, 1.54) is 0 Å². The second-order valence-electron chi connectivity index (χ2n) is 3.05. The SMILES string of the molecule is COc1c(Br)ccc(C)c1C=NNC(N)=S. The molecule has 6 heteroatoms. The summed E-state index contributed by atoms with van der Waals surface area (Å²) in [5, 5.41) is 4.04. The van der Waals surface area contributed by atoms with Crippen molar-refractivity contribution < 1.29 is 4.74 Å². The summed E-state index contributed by atoms with van der Waals surface area (Å²) in [6, 6.07) is 3.89. The lowest BCUT2D eigenvalue weighted by atomic mass is 10.1. The number of halogens is 1. The molecule has 4 nitrogen and oxygen atoms in total. The molecule has 0 fully saturated rings. The van der Waals surface area contributed by atoms with Crippen LogP contribution in [0, 0.1) is 6.92 Å². The smallest absolute Gasteiger partial charge is 0.184 e. The zero-order valence-electron chi connectivity index (χ0n) is 8.95. The summed E-state index contributed by atoms with van der Waals surface area (Å²) < 4.78 is 6.16. The lowest BCUT2D eigenvalue weighted by Crippen LogP contribution is -2.24. The van der Waals surface area contributed by atoms with Gasteiger partial charge in [-0.15, -0.1) is 0 Å². The summed E-state index contributed by atoms with van der Waals surface area (Å²) in [6.45, 7) is 1.97. The molecule has 0 bridgehead atoms. The Morgan fingerprint density at radius 1 is 1.62 bits per heavy atom. The van der Waals surface area contributed by atoms with Gasteiger partial charge in [-0.3, -0.25) is 5.43 Å². The molecule has 0 radical (unpaired) electrons. The van der Waals surface area contributed by atoms with Crippen LogP contribution in [0.3, 0.4) is 0 Å². The first kappa shape index (κ1) is 12.9. The zero-order chi connectivity index (χ0) is 12.1. The van der Waals surface area contributed by atoms with Crippen molar-refractivity contribution in [2.45, 2.75) is 6.92 Å². The van der Waals surface area contributed by atoms with Crippen LogP contribution in [-0.2, 0) is 0 Å². The maximum Gasteiger partial charge on any atom is 0.184 e. The minimum absolute atomic E-state index is 0.128. The summed E-state index contributed by atoms with van der Waals surface area (Å²) in [6.07, 6.45) is 1.62. The van der Waals surface area contributed by atoms with Gasteiger partial charge in [0.05, 0.1) is 17.8 Å². The number of methoxy groups -OCH3 is 1. The summed E-state index contributed by atoms with van der Waals surface area (Å²) in [5.41, 5.74) is 9.69. The van der Waals surface area contributed by atoms with Gasteiger partial charge in [-0.05, 0) is 46.7 Å². The van der Waals surface area contributed by atoms with Gasteiger partial charge in [0.1, 0.15) is 5.75 Å². The third-order valence-corrected chi connectivity index (χ3v) is 2.65. The van der Waals surface area contributed by atoms with E-state index in [2.05, 4.69) is 38.7 Å². The number of nitrogens with zero attached hydrogens (tertiary/aromatic N) is 1. The van der Waals surface area contributed by atoms with Gasteiger partial charge < -0.3 is 10.5 Å². The van der Waals surface area contributed by atoms with Gasteiger partial charge in [0.25, 0.3) is 0 Å². The minimum atomic E-state index is 0.128. The molecule has 0 aliphatic rings. The zero-order valence-corrected chi connectivity index (χ0v) is 11.4. The first-order valence-corrected chi connectivity index (χ1v) is 5.68. The Labute approximate surface area is 108 Å². The van der Waals surface area contributed by atoms with Crippen LogP contribution in [0.25, 0.3) is 0 Å². The molecule has 1 rings (SSSR count). The molecule has 3 N–H and O–H groups in total. The van der Waals surface area contributed by atoms with Crippen LogP contribution in [0.2, 0.25) is 0 Å². The summed E-state index contributed by atoms with van der Waals surface area (Å²) >= 11 is 8.05. The third-order valence-electron chi connectivity index (χ3n) is 1.94. The molecule has 0 saturated heterocycles. The lowest BCUT2D eigenvalue weighted by Gasteiger charge is -2.09. The van der Waals surface area contributed by atoms with E-state index in [1.807, 2.05) is 19.1 Å². The van der Waals surface area contributed by atoms with E-state index in [9.17, 15) is 0 Å². The van der Waals surface area contributed by atoms with E-state index in [1.54, 1.807) is 13.3 Å². The third kappa shape index (κ3) is 3.18. The Kier molecular flexibility index (Phi) is 4.70. The second kappa shape index (κ2) is 5.81. The number of nitrogens with one attached hydrogen (secondary N) is 1. The fourth-order valence-corrected chi connectivity index (χ4v) is 1.76. The largest absolute Gasteiger partial charge is 0.495 e. The van der Waals surface area contributed by atoms with Crippen LogP contribution >= 0.6 is 28.1 Å². The summed E-state index contributed by atoms with van der Waals surface area (Å²) in [4.78, 5) is 0. The molecule has 0 amide bonds. The van der Waals surface area contributed by atoms with Crippen LogP contribution in [0.1, 0.15) is 11.1 Å². The topological polar surface area (TPSA) is 59.6 Å². The predicted octanol–water partition coefficient (Wildman–Crippen LogP) is 1.93. The minimum Gasteiger partial charge on any atom is -0.495 e. The highest BCUT2D eigenvalue weighted by Crippen LogP contribution is 2.29. The predicted molar refractivity (Wildman–Crippen MR) is 72.9 cm³/mol. The number of nitrogens with two attached hydrogens (primary N) is 1.